The second-order valence-corrected chi connectivity index (χ2v) is 6.34. The Bertz CT molecular complexity index is 534. The van der Waals surface area contributed by atoms with E-state index in [4.69, 9.17) is 0 Å². The van der Waals surface area contributed by atoms with Crippen LogP contribution in [-0.4, -0.2) is 28.7 Å². The van der Waals surface area contributed by atoms with Crippen molar-refractivity contribution in [2.45, 2.75) is 37.8 Å². The second kappa shape index (κ2) is 6.64. The summed E-state index contributed by atoms with van der Waals surface area (Å²) >= 11 is 0. The molecule has 1 heterocycles. The van der Waals surface area contributed by atoms with Crippen molar-refractivity contribution in [2.75, 3.05) is 13.1 Å². The Hall–Kier alpha value is -1.64. The highest BCUT2D eigenvalue weighted by atomic mass is 16.3. The smallest absolute Gasteiger partial charge is 0.0669 e. The molecule has 0 aliphatic carbocycles. The average molecular weight is 295 g/mol. The van der Waals surface area contributed by atoms with Crippen molar-refractivity contribution in [2.24, 2.45) is 0 Å². The zero-order valence-electron chi connectivity index (χ0n) is 13.3. The number of likely N-dealkylation sites (tertiary alicyclic amines) is 1. The summed E-state index contributed by atoms with van der Waals surface area (Å²) in [5.74, 6) is 0. The van der Waals surface area contributed by atoms with Crippen molar-refractivity contribution in [1.29, 1.82) is 0 Å². The zero-order chi connectivity index (χ0) is 15.4. The average Bonchev–Trinajstić information content (AvgIpc) is 2.59. The summed E-state index contributed by atoms with van der Waals surface area (Å²) in [5, 5.41) is 10.5. The second-order valence-electron chi connectivity index (χ2n) is 6.34. The van der Waals surface area contributed by atoms with Crippen molar-refractivity contribution >= 4 is 0 Å². The van der Waals surface area contributed by atoms with Gasteiger partial charge in [0.15, 0.2) is 0 Å². The first-order valence-corrected chi connectivity index (χ1v) is 8.28. The van der Waals surface area contributed by atoms with Gasteiger partial charge in [-0.1, -0.05) is 67.6 Å². The molecule has 0 atom stereocenters. The molecule has 0 unspecified atom stereocenters. The lowest BCUT2D eigenvalue weighted by Crippen LogP contribution is -2.45. The van der Waals surface area contributed by atoms with Gasteiger partial charge in [-0.15, -0.1) is 0 Å². The minimum Gasteiger partial charge on any atom is -0.390 e. The summed E-state index contributed by atoms with van der Waals surface area (Å²) < 4.78 is 0. The Balaban J connectivity index is 1.88. The summed E-state index contributed by atoms with van der Waals surface area (Å²) in [6.07, 6.45) is 2.57. The molecular formula is C20H25NO. The first-order chi connectivity index (χ1) is 10.7. The highest BCUT2D eigenvalue weighted by Gasteiger charge is 2.33. The summed E-state index contributed by atoms with van der Waals surface area (Å²) in [4.78, 5) is 2.51. The maximum atomic E-state index is 10.5. The van der Waals surface area contributed by atoms with E-state index in [0.29, 0.717) is 0 Å². The van der Waals surface area contributed by atoms with Gasteiger partial charge in [-0.3, -0.25) is 4.90 Å². The van der Waals surface area contributed by atoms with E-state index in [-0.39, 0.29) is 6.04 Å². The monoisotopic (exact) mass is 295 g/mol. The number of hydrogen-bond donors (Lipinski definition) is 1. The lowest BCUT2D eigenvalue weighted by atomic mass is 9.86. The van der Waals surface area contributed by atoms with Gasteiger partial charge in [-0.05, 0) is 30.4 Å². The standard InChI is InChI=1S/C20H25NO/c1-2-20(22)13-15-21(16-14-20)19(17-9-5-3-6-10-17)18-11-7-4-8-12-18/h3-12,19,22H,2,13-16H2,1H3. The Morgan fingerprint density at radius 1 is 0.909 bits per heavy atom. The summed E-state index contributed by atoms with van der Waals surface area (Å²) in [7, 11) is 0. The van der Waals surface area contributed by atoms with E-state index in [1.54, 1.807) is 0 Å². The predicted octanol–water partition coefficient (Wildman–Crippen LogP) is 4.01. The molecule has 1 aliphatic rings. The lowest BCUT2D eigenvalue weighted by molar-refractivity contribution is -0.0303. The molecule has 2 heteroatoms. The highest BCUT2D eigenvalue weighted by molar-refractivity contribution is 5.32. The van der Waals surface area contributed by atoms with Crippen molar-refractivity contribution < 1.29 is 5.11 Å². The molecule has 0 amide bonds. The predicted molar refractivity (Wildman–Crippen MR) is 90.8 cm³/mol. The van der Waals surface area contributed by atoms with Gasteiger partial charge in [0.2, 0.25) is 0 Å². The largest absolute Gasteiger partial charge is 0.390 e. The zero-order valence-corrected chi connectivity index (χ0v) is 13.3. The van der Waals surface area contributed by atoms with Crippen molar-refractivity contribution in [3.05, 3.63) is 71.8 Å². The minimum atomic E-state index is -0.464. The van der Waals surface area contributed by atoms with Crippen LogP contribution in [0.4, 0.5) is 0 Å². The van der Waals surface area contributed by atoms with Crippen LogP contribution in [-0.2, 0) is 0 Å². The van der Waals surface area contributed by atoms with Crippen LogP contribution in [0, 0.1) is 0 Å². The maximum absolute atomic E-state index is 10.5. The fourth-order valence-corrected chi connectivity index (χ4v) is 3.44. The molecular weight excluding hydrogens is 270 g/mol. The third-order valence-electron chi connectivity index (χ3n) is 4.98. The van der Waals surface area contributed by atoms with Gasteiger partial charge >= 0.3 is 0 Å². The van der Waals surface area contributed by atoms with E-state index >= 15 is 0 Å². The molecule has 116 valence electrons. The molecule has 22 heavy (non-hydrogen) atoms. The van der Waals surface area contributed by atoms with Crippen molar-refractivity contribution in [3.8, 4) is 0 Å². The molecule has 0 aromatic heterocycles. The SMILES string of the molecule is CCC1(O)CCN(C(c2ccccc2)c2ccccc2)CC1. The summed E-state index contributed by atoms with van der Waals surface area (Å²) in [6.45, 7) is 3.97. The van der Waals surface area contributed by atoms with E-state index in [1.807, 2.05) is 0 Å². The lowest BCUT2D eigenvalue weighted by Gasteiger charge is -2.41. The van der Waals surface area contributed by atoms with Gasteiger partial charge in [0.1, 0.15) is 0 Å². The minimum absolute atomic E-state index is 0.281. The molecule has 1 fully saturated rings. The van der Waals surface area contributed by atoms with Crippen LogP contribution in [0.5, 0.6) is 0 Å². The van der Waals surface area contributed by atoms with E-state index in [1.165, 1.54) is 11.1 Å². The van der Waals surface area contributed by atoms with Crippen LogP contribution in [0.2, 0.25) is 0 Å². The topological polar surface area (TPSA) is 23.5 Å². The molecule has 1 N–H and O–H groups in total. The number of nitrogens with zero attached hydrogens (tertiary/aromatic N) is 1. The van der Waals surface area contributed by atoms with Gasteiger partial charge in [-0.25, -0.2) is 0 Å². The highest BCUT2D eigenvalue weighted by Crippen LogP contribution is 2.34. The van der Waals surface area contributed by atoms with Crippen LogP contribution in [0.15, 0.2) is 60.7 Å². The molecule has 2 aromatic rings. The number of hydrogen-bond acceptors (Lipinski definition) is 2. The number of benzene rings is 2. The van der Waals surface area contributed by atoms with Gasteiger partial charge < -0.3 is 5.11 Å². The molecule has 3 rings (SSSR count). The first-order valence-electron chi connectivity index (χ1n) is 8.28. The van der Waals surface area contributed by atoms with E-state index in [2.05, 4.69) is 72.5 Å². The van der Waals surface area contributed by atoms with Gasteiger partial charge in [0, 0.05) is 13.1 Å². The molecule has 0 saturated carbocycles. The Morgan fingerprint density at radius 2 is 1.36 bits per heavy atom. The quantitative estimate of drug-likeness (QED) is 0.921. The first kappa shape index (κ1) is 15.3. The Labute approximate surface area is 133 Å². The van der Waals surface area contributed by atoms with Gasteiger partial charge in [0.25, 0.3) is 0 Å². The van der Waals surface area contributed by atoms with E-state index in [9.17, 15) is 5.11 Å². The molecule has 1 saturated heterocycles. The van der Waals surface area contributed by atoms with Crippen molar-refractivity contribution in [3.63, 3.8) is 0 Å². The number of aliphatic hydroxyl groups is 1. The van der Waals surface area contributed by atoms with Crippen LogP contribution < -0.4 is 0 Å². The fraction of sp³-hybridized carbons (Fsp3) is 0.400. The Morgan fingerprint density at radius 3 is 1.77 bits per heavy atom. The normalized spacial score (nSPS) is 18.5. The molecule has 0 bridgehead atoms. The van der Waals surface area contributed by atoms with Crippen LogP contribution in [0.25, 0.3) is 0 Å². The number of piperidine rings is 1. The molecule has 0 radical (unpaired) electrons. The molecule has 2 nitrogen and oxygen atoms in total. The molecule has 2 aromatic carbocycles. The summed E-state index contributed by atoms with van der Waals surface area (Å²) in [5.41, 5.74) is 2.19. The van der Waals surface area contributed by atoms with Gasteiger partial charge in [-0.2, -0.15) is 0 Å². The summed E-state index contributed by atoms with van der Waals surface area (Å²) in [6, 6.07) is 21.7. The van der Waals surface area contributed by atoms with Crippen LogP contribution in [0.3, 0.4) is 0 Å². The molecule has 0 spiro atoms. The third-order valence-corrected chi connectivity index (χ3v) is 4.98. The molecule has 1 aliphatic heterocycles. The maximum Gasteiger partial charge on any atom is 0.0669 e. The van der Waals surface area contributed by atoms with E-state index in [0.717, 1.165) is 32.4 Å². The van der Waals surface area contributed by atoms with Crippen LogP contribution >= 0.6 is 0 Å². The van der Waals surface area contributed by atoms with E-state index < -0.39 is 5.60 Å². The number of rotatable bonds is 4. The van der Waals surface area contributed by atoms with Crippen molar-refractivity contribution in [1.82, 2.24) is 4.90 Å². The van der Waals surface area contributed by atoms with Gasteiger partial charge in [0.05, 0.1) is 11.6 Å². The Kier molecular flexibility index (Phi) is 4.60. The third kappa shape index (κ3) is 3.23. The van der Waals surface area contributed by atoms with Crippen LogP contribution in [0.1, 0.15) is 43.4 Å². The fourth-order valence-electron chi connectivity index (χ4n) is 3.44.